The summed E-state index contributed by atoms with van der Waals surface area (Å²) >= 11 is 0. The Kier molecular flexibility index (Phi) is 6.42. The molecule has 1 rings (SSSR count). The summed E-state index contributed by atoms with van der Waals surface area (Å²) in [5.74, 6) is 0.488. The summed E-state index contributed by atoms with van der Waals surface area (Å²) in [4.78, 5) is 10.4. The molecule has 4 nitrogen and oxygen atoms in total. The highest BCUT2D eigenvalue weighted by Crippen LogP contribution is 2.26. The molecule has 0 saturated heterocycles. The van der Waals surface area contributed by atoms with Gasteiger partial charge in [0, 0.05) is 12.6 Å². The lowest BCUT2D eigenvalue weighted by atomic mass is 9.84. The van der Waals surface area contributed by atoms with Crippen LogP contribution in [0.15, 0.2) is 0 Å². The third-order valence-corrected chi connectivity index (χ3v) is 3.28. The lowest BCUT2D eigenvalue weighted by molar-refractivity contribution is -0.122. The third-order valence-electron chi connectivity index (χ3n) is 3.28. The molecule has 0 aromatic rings. The second kappa shape index (κ2) is 7.63. The molecule has 1 saturated carbocycles. The van der Waals surface area contributed by atoms with Crippen LogP contribution in [0.5, 0.6) is 0 Å². The zero-order valence-electron chi connectivity index (χ0n) is 10.2. The maximum atomic E-state index is 10.4. The van der Waals surface area contributed by atoms with Crippen molar-refractivity contribution in [3.63, 3.8) is 0 Å². The first-order valence-electron chi connectivity index (χ1n) is 6.31. The molecule has 0 bridgehead atoms. The van der Waals surface area contributed by atoms with Gasteiger partial charge in [0.2, 0.25) is 5.91 Å². The summed E-state index contributed by atoms with van der Waals surface area (Å²) < 4.78 is 5.10. The second-order valence-corrected chi connectivity index (χ2v) is 4.61. The van der Waals surface area contributed by atoms with Crippen molar-refractivity contribution in [2.24, 2.45) is 11.7 Å². The first-order chi connectivity index (χ1) is 7.72. The molecule has 1 aliphatic rings. The predicted molar refractivity (Wildman–Crippen MR) is 64.1 cm³/mol. The number of rotatable bonds is 7. The zero-order chi connectivity index (χ0) is 11.8. The van der Waals surface area contributed by atoms with E-state index < -0.39 is 5.91 Å². The maximum Gasteiger partial charge on any atom is 0.243 e. The Morgan fingerprint density at radius 1 is 1.50 bits per heavy atom. The van der Waals surface area contributed by atoms with Gasteiger partial charge >= 0.3 is 0 Å². The molecule has 0 aliphatic heterocycles. The Hall–Kier alpha value is -0.610. The van der Waals surface area contributed by atoms with Gasteiger partial charge in [-0.05, 0) is 18.8 Å². The summed E-state index contributed by atoms with van der Waals surface area (Å²) in [5, 5.41) is 3.48. The molecule has 3 N–H and O–H groups in total. The van der Waals surface area contributed by atoms with Gasteiger partial charge in [-0.15, -0.1) is 0 Å². The van der Waals surface area contributed by atoms with E-state index in [1.807, 2.05) is 0 Å². The van der Waals surface area contributed by atoms with E-state index in [4.69, 9.17) is 10.5 Å². The minimum absolute atomic E-state index is 0.0317. The number of hydrogen-bond donors (Lipinski definition) is 2. The molecule has 2 unspecified atom stereocenters. The highest BCUT2D eigenvalue weighted by molar-refractivity contribution is 5.74. The number of carbonyl (C=O) groups excluding carboxylic acids is 1. The van der Waals surface area contributed by atoms with Gasteiger partial charge in [0.1, 0.15) is 6.61 Å². The summed E-state index contributed by atoms with van der Waals surface area (Å²) in [6.45, 7) is 3.68. The van der Waals surface area contributed by atoms with Gasteiger partial charge in [0.05, 0.1) is 6.61 Å². The molecular weight excluding hydrogens is 204 g/mol. The van der Waals surface area contributed by atoms with Gasteiger partial charge in [0.15, 0.2) is 0 Å². The lowest BCUT2D eigenvalue weighted by Crippen LogP contribution is -2.36. The molecule has 0 radical (unpaired) electrons. The van der Waals surface area contributed by atoms with Gasteiger partial charge < -0.3 is 15.8 Å². The van der Waals surface area contributed by atoms with Crippen molar-refractivity contribution in [3.8, 4) is 0 Å². The Morgan fingerprint density at radius 2 is 2.31 bits per heavy atom. The Morgan fingerprint density at radius 3 is 3.00 bits per heavy atom. The molecule has 1 aliphatic carbocycles. The molecule has 2 atom stereocenters. The van der Waals surface area contributed by atoms with Crippen molar-refractivity contribution in [2.75, 3.05) is 19.8 Å². The molecule has 94 valence electrons. The topological polar surface area (TPSA) is 64.3 Å². The van der Waals surface area contributed by atoms with Crippen LogP contribution in [0, 0.1) is 5.92 Å². The number of hydrogen-bond acceptors (Lipinski definition) is 3. The average molecular weight is 228 g/mol. The monoisotopic (exact) mass is 228 g/mol. The van der Waals surface area contributed by atoms with Crippen LogP contribution < -0.4 is 11.1 Å². The number of carbonyl (C=O) groups is 1. The van der Waals surface area contributed by atoms with Crippen molar-refractivity contribution in [2.45, 2.75) is 45.1 Å². The summed E-state index contributed by atoms with van der Waals surface area (Å²) in [6, 6.07) is 0.635. The highest BCUT2D eigenvalue weighted by Gasteiger charge is 2.19. The van der Waals surface area contributed by atoms with Crippen molar-refractivity contribution in [3.05, 3.63) is 0 Å². The predicted octanol–water partition coefficient (Wildman–Crippen LogP) is 1.05. The van der Waals surface area contributed by atoms with Crippen LogP contribution in [-0.2, 0) is 9.53 Å². The summed E-state index contributed by atoms with van der Waals surface area (Å²) in [5.41, 5.74) is 4.97. The molecule has 1 fully saturated rings. The van der Waals surface area contributed by atoms with Crippen LogP contribution in [0.4, 0.5) is 0 Å². The minimum Gasteiger partial charge on any atom is -0.370 e. The van der Waals surface area contributed by atoms with Gasteiger partial charge in [0.25, 0.3) is 0 Å². The maximum absolute atomic E-state index is 10.4. The van der Waals surface area contributed by atoms with Gasteiger partial charge in [-0.2, -0.15) is 0 Å². The van der Waals surface area contributed by atoms with Gasteiger partial charge in [-0.25, -0.2) is 0 Å². The normalized spacial score (nSPS) is 25.6. The first kappa shape index (κ1) is 13.5. The quantitative estimate of drug-likeness (QED) is 0.640. The lowest BCUT2D eigenvalue weighted by Gasteiger charge is -2.29. The fourth-order valence-electron chi connectivity index (χ4n) is 2.36. The summed E-state index contributed by atoms with van der Waals surface area (Å²) in [7, 11) is 0. The highest BCUT2D eigenvalue weighted by atomic mass is 16.5. The number of nitrogens with two attached hydrogens (primary N) is 1. The Bertz CT molecular complexity index is 209. The summed E-state index contributed by atoms with van der Waals surface area (Å²) in [6.07, 6.45) is 6.56. The van der Waals surface area contributed by atoms with E-state index in [-0.39, 0.29) is 6.61 Å². The van der Waals surface area contributed by atoms with Crippen molar-refractivity contribution in [1.82, 2.24) is 5.32 Å². The average Bonchev–Trinajstić information content (AvgIpc) is 2.28. The van der Waals surface area contributed by atoms with Crippen LogP contribution in [0.1, 0.15) is 39.0 Å². The van der Waals surface area contributed by atoms with Crippen molar-refractivity contribution in [1.29, 1.82) is 0 Å². The molecule has 0 aromatic heterocycles. The standard InChI is InChI=1S/C12H24N2O2/c1-2-10-4-3-5-11(8-10)14-6-7-16-9-12(13)15/h10-11,14H,2-9H2,1H3,(H2,13,15). The van der Waals surface area contributed by atoms with Crippen molar-refractivity contribution >= 4 is 5.91 Å². The molecule has 0 aromatic carbocycles. The number of nitrogens with one attached hydrogen (secondary N) is 1. The van der Waals surface area contributed by atoms with E-state index in [1.54, 1.807) is 0 Å². The Labute approximate surface area is 97.9 Å². The molecular formula is C12H24N2O2. The molecule has 0 spiro atoms. The smallest absolute Gasteiger partial charge is 0.243 e. The van der Waals surface area contributed by atoms with E-state index >= 15 is 0 Å². The van der Waals surface area contributed by atoms with Crippen molar-refractivity contribution < 1.29 is 9.53 Å². The van der Waals surface area contributed by atoms with Gasteiger partial charge in [-0.1, -0.05) is 26.2 Å². The zero-order valence-corrected chi connectivity index (χ0v) is 10.2. The Balaban J connectivity index is 2.01. The molecule has 1 amide bonds. The first-order valence-corrected chi connectivity index (χ1v) is 6.31. The van der Waals surface area contributed by atoms with Crippen LogP contribution in [0.25, 0.3) is 0 Å². The SMILES string of the molecule is CCC1CCCC(NCCOCC(N)=O)C1. The van der Waals surface area contributed by atoms with Crippen LogP contribution in [-0.4, -0.2) is 31.7 Å². The van der Waals surface area contributed by atoms with E-state index in [2.05, 4.69) is 12.2 Å². The molecule has 4 heteroatoms. The van der Waals surface area contributed by atoms with E-state index in [0.717, 1.165) is 12.5 Å². The molecule has 0 heterocycles. The molecule has 16 heavy (non-hydrogen) atoms. The fourth-order valence-corrected chi connectivity index (χ4v) is 2.36. The van der Waals surface area contributed by atoms with Crippen LogP contribution >= 0.6 is 0 Å². The number of primary amides is 1. The van der Waals surface area contributed by atoms with E-state index in [9.17, 15) is 4.79 Å². The third kappa shape index (κ3) is 5.47. The van der Waals surface area contributed by atoms with E-state index in [0.29, 0.717) is 12.6 Å². The number of amides is 1. The fraction of sp³-hybridized carbons (Fsp3) is 0.917. The van der Waals surface area contributed by atoms with E-state index in [1.165, 1.54) is 32.1 Å². The number of ether oxygens (including phenoxy) is 1. The van der Waals surface area contributed by atoms with Crippen LogP contribution in [0.3, 0.4) is 0 Å². The second-order valence-electron chi connectivity index (χ2n) is 4.61. The largest absolute Gasteiger partial charge is 0.370 e. The minimum atomic E-state index is -0.399. The van der Waals surface area contributed by atoms with Crippen LogP contribution in [0.2, 0.25) is 0 Å². The van der Waals surface area contributed by atoms with Gasteiger partial charge in [-0.3, -0.25) is 4.79 Å².